The van der Waals surface area contributed by atoms with Crippen molar-refractivity contribution in [3.8, 4) is 0 Å². The fourth-order valence-corrected chi connectivity index (χ4v) is 4.94. The van der Waals surface area contributed by atoms with Gasteiger partial charge in [-0.15, -0.1) is 0 Å². The summed E-state index contributed by atoms with van der Waals surface area (Å²) in [5, 5.41) is 12.9. The van der Waals surface area contributed by atoms with E-state index >= 15 is 0 Å². The van der Waals surface area contributed by atoms with Crippen LogP contribution in [0.2, 0.25) is 5.02 Å². The molecule has 152 valence electrons. The summed E-state index contributed by atoms with van der Waals surface area (Å²) in [6, 6.07) is 27.0. The molecule has 0 amide bonds. The van der Waals surface area contributed by atoms with Crippen LogP contribution in [0.4, 0.5) is 0 Å². The number of aliphatic hydroxyl groups is 1. The predicted octanol–water partition coefficient (Wildman–Crippen LogP) is 5.76. The summed E-state index contributed by atoms with van der Waals surface area (Å²) in [6.45, 7) is 1.39. The van der Waals surface area contributed by atoms with Gasteiger partial charge in [-0.25, -0.2) is 0 Å². The average molecular weight is 417 g/mol. The van der Waals surface area contributed by atoms with Gasteiger partial charge in [0.2, 0.25) is 0 Å². The second kappa shape index (κ2) is 7.92. The minimum atomic E-state index is -0.559. The van der Waals surface area contributed by atoms with E-state index < -0.39 is 6.10 Å². The Hall–Kier alpha value is -2.59. The molecule has 0 saturated heterocycles. The number of rotatable bonds is 4. The first-order valence-electron chi connectivity index (χ1n) is 10.4. The Morgan fingerprint density at radius 1 is 1.00 bits per heavy atom. The first-order chi connectivity index (χ1) is 14.6. The number of fused-ring (bicyclic) bond motifs is 3. The highest BCUT2D eigenvalue weighted by atomic mass is 35.5. The van der Waals surface area contributed by atoms with Crippen molar-refractivity contribution in [3.63, 3.8) is 0 Å². The van der Waals surface area contributed by atoms with Crippen molar-refractivity contribution in [2.24, 2.45) is 0 Å². The SMILES string of the molecule is CN1Cc2c(n(CC(O)c3ccccc3)c3ccc(Cl)cc23)CC1c1ccccc1. The van der Waals surface area contributed by atoms with Crippen LogP contribution in [-0.2, 0) is 19.5 Å². The fourth-order valence-electron chi connectivity index (χ4n) is 4.77. The average Bonchev–Trinajstić information content (AvgIpc) is 3.06. The van der Waals surface area contributed by atoms with Gasteiger partial charge in [-0.3, -0.25) is 4.90 Å². The molecule has 4 heteroatoms. The van der Waals surface area contributed by atoms with E-state index in [4.69, 9.17) is 11.6 Å². The van der Waals surface area contributed by atoms with Gasteiger partial charge in [0, 0.05) is 40.6 Å². The minimum Gasteiger partial charge on any atom is -0.387 e. The van der Waals surface area contributed by atoms with Crippen LogP contribution in [0.25, 0.3) is 10.9 Å². The first kappa shape index (κ1) is 19.4. The third-order valence-electron chi connectivity index (χ3n) is 6.30. The van der Waals surface area contributed by atoms with Crippen molar-refractivity contribution in [2.75, 3.05) is 7.05 Å². The van der Waals surface area contributed by atoms with Gasteiger partial charge in [0.05, 0.1) is 12.6 Å². The highest BCUT2D eigenvalue weighted by Gasteiger charge is 2.30. The van der Waals surface area contributed by atoms with Crippen LogP contribution in [0.15, 0.2) is 78.9 Å². The lowest BCUT2D eigenvalue weighted by Gasteiger charge is -2.34. The number of aliphatic hydroxyl groups excluding tert-OH is 1. The third kappa shape index (κ3) is 3.43. The highest BCUT2D eigenvalue weighted by molar-refractivity contribution is 6.31. The normalized spacial score (nSPS) is 17.8. The van der Waals surface area contributed by atoms with Crippen molar-refractivity contribution in [1.29, 1.82) is 0 Å². The zero-order valence-electron chi connectivity index (χ0n) is 17.0. The zero-order valence-corrected chi connectivity index (χ0v) is 17.8. The quantitative estimate of drug-likeness (QED) is 0.458. The summed E-state index contributed by atoms with van der Waals surface area (Å²) in [6.07, 6.45) is 0.348. The molecule has 1 aliphatic heterocycles. The van der Waals surface area contributed by atoms with Crippen LogP contribution in [-0.4, -0.2) is 21.6 Å². The van der Waals surface area contributed by atoms with Crippen LogP contribution < -0.4 is 0 Å². The second-order valence-corrected chi connectivity index (χ2v) is 8.61. The van der Waals surface area contributed by atoms with E-state index in [2.05, 4.69) is 59.0 Å². The Kier molecular flexibility index (Phi) is 5.11. The fraction of sp³-hybridized carbons (Fsp3) is 0.231. The standard InChI is InChI=1S/C26H25ClN2O/c1-28-16-22-21-14-20(27)12-13-23(21)29(17-26(30)19-10-6-3-7-11-19)25(22)15-24(28)18-8-4-2-5-9-18/h2-14,24,26,30H,15-17H2,1H3. The Morgan fingerprint density at radius 3 is 2.43 bits per heavy atom. The second-order valence-electron chi connectivity index (χ2n) is 8.17. The van der Waals surface area contributed by atoms with E-state index in [-0.39, 0.29) is 0 Å². The number of likely N-dealkylation sites (N-methyl/N-ethyl adjacent to an activating group) is 1. The van der Waals surface area contributed by atoms with Crippen molar-refractivity contribution >= 4 is 22.5 Å². The van der Waals surface area contributed by atoms with Crippen molar-refractivity contribution in [2.45, 2.75) is 31.7 Å². The molecular weight excluding hydrogens is 392 g/mol. The van der Waals surface area contributed by atoms with Crippen molar-refractivity contribution in [1.82, 2.24) is 9.47 Å². The molecule has 0 bridgehead atoms. The first-order valence-corrected chi connectivity index (χ1v) is 10.8. The molecule has 1 N–H and O–H groups in total. The van der Waals surface area contributed by atoms with Crippen molar-refractivity contribution < 1.29 is 5.11 Å². The summed E-state index contributed by atoms with van der Waals surface area (Å²) in [5.41, 5.74) is 6.02. The largest absolute Gasteiger partial charge is 0.387 e. The van der Waals surface area contributed by atoms with E-state index in [1.165, 1.54) is 22.2 Å². The Bertz CT molecular complexity index is 1170. The number of hydrogen-bond acceptors (Lipinski definition) is 2. The number of aromatic nitrogens is 1. The smallest absolute Gasteiger partial charge is 0.0969 e. The third-order valence-corrected chi connectivity index (χ3v) is 6.53. The molecule has 2 heterocycles. The number of hydrogen-bond donors (Lipinski definition) is 1. The molecule has 4 aromatic rings. The molecule has 2 unspecified atom stereocenters. The highest BCUT2D eigenvalue weighted by Crippen LogP contribution is 2.39. The number of benzene rings is 3. The maximum Gasteiger partial charge on any atom is 0.0969 e. The predicted molar refractivity (Wildman–Crippen MR) is 123 cm³/mol. The van der Waals surface area contributed by atoms with Gasteiger partial charge < -0.3 is 9.67 Å². The van der Waals surface area contributed by atoms with E-state index in [0.717, 1.165) is 29.1 Å². The molecule has 3 nitrogen and oxygen atoms in total. The number of nitrogens with zero attached hydrogens (tertiary/aromatic N) is 2. The van der Waals surface area contributed by atoms with Gasteiger partial charge in [0.1, 0.15) is 0 Å². The lowest BCUT2D eigenvalue weighted by molar-refractivity contribution is 0.154. The lowest BCUT2D eigenvalue weighted by Crippen LogP contribution is -2.31. The summed E-state index contributed by atoms with van der Waals surface area (Å²) in [4.78, 5) is 2.41. The summed E-state index contributed by atoms with van der Waals surface area (Å²) in [5.74, 6) is 0. The molecule has 0 spiro atoms. The van der Waals surface area contributed by atoms with E-state index in [1.54, 1.807) is 0 Å². The zero-order chi connectivity index (χ0) is 20.7. The van der Waals surface area contributed by atoms with Gasteiger partial charge in [-0.05, 0) is 41.9 Å². The van der Waals surface area contributed by atoms with E-state index in [0.29, 0.717) is 12.6 Å². The van der Waals surface area contributed by atoms with Crippen LogP contribution >= 0.6 is 11.6 Å². The van der Waals surface area contributed by atoms with Crippen molar-refractivity contribution in [3.05, 3.63) is 106 Å². The molecule has 0 radical (unpaired) electrons. The minimum absolute atomic E-state index is 0.311. The van der Waals surface area contributed by atoms with E-state index in [9.17, 15) is 5.11 Å². The summed E-state index contributed by atoms with van der Waals surface area (Å²) >= 11 is 6.36. The number of halogens is 1. The maximum absolute atomic E-state index is 11.0. The molecule has 2 atom stereocenters. The maximum atomic E-state index is 11.0. The monoisotopic (exact) mass is 416 g/mol. The van der Waals surface area contributed by atoms with Gasteiger partial charge in [0.25, 0.3) is 0 Å². The molecule has 30 heavy (non-hydrogen) atoms. The Morgan fingerprint density at radius 2 is 1.70 bits per heavy atom. The molecule has 0 aliphatic carbocycles. The lowest BCUT2D eigenvalue weighted by atomic mass is 9.93. The van der Waals surface area contributed by atoms with Crippen LogP contribution in [0, 0.1) is 0 Å². The topological polar surface area (TPSA) is 28.4 Å². The van der Waals surface area contributed by atoms with Crippen LogP contribution in [0.1, 0.15) is 34.5 Å². The molecule has 0 saturated carbocycles. The molecule has 5 rings (SSSR count). The molecule has 1 aromatic heterocycles. The van der Waals surface area contributed by atoms with Gasteiger partial charge in [-0.1, -0.05) is 72.3 Å². The Balaban J connectivity index is 1.61. The molecule has 0 fully saturated rings. The summed E-state index contributed by atoms with van der Waals surface area (Å²) in [7, 11) is 2.19. The summed E-state index contributed by atoms with van der Waals surface area (Å²) < 4.78 is 2.31. The van der Waals surface area contributed by atoms with E-state index in [1.807, 2.05) is 36.4 Å². The van der Waals surface area contributed by atoms with Crippen LogP contribution in [0.3, 0.4) is 0 Å². The Labute approximate surface area is 182 Å². The molecule has 3 aromatic carbocycles. The molecule has 1 aliphatic rings. The van der Waals surface area contributed by atoms with Crippen LogP contribution in [0.5, 0.6) is 0 Å². The van der Waals surface area contributed by atoms with Gasteiger partial charge >= 0.3 is 0 Å². The van der Waals surface area contributed by atoms with Gasteiger partial charge in [-0.2, -0.15) is 0 Å². The molecular formula is C26H25ClN2O. The van der Waals surface area contributed by atoms with Gasteiger partial charge in [0.15, 0.2) is 0 Å².